The molecule has 2 heterocycles. The molecule has 1 atom stereocenters. The second kappa shape index (κ2) is 13.8. The van der Waals surface area contributed by atoms with Gasteiger partial charge in [0.15, 0.2) is 11.8 Å². The van der Waals surface area contributed by atoms with Crippen LogP contribution in [-0.4, -0.2) is 39.7 Å². The van der Waals surface area contributed by atoms with Gasteiger partial charge in [0.2, 0.25) is 0 Å². The minimum atomic E-state index is -0.507. The fraction of sp³-hybridized carbons (Fsp3) is 0.367. The highest BCUT2D eigenvalue weighted by Gasteiger charge is 2.16. The maximum absolute atomic E-state index is 15.1. The van der Waals surface area contributed by atoms with Crippen LogP contribution in [0, 0.1) is 11.7 Å². The molecular formula is C30H37ClFN7O2. The van der Waals surface area contributed by atoms with Crippen LogP contribution in [0.2, 0.25) is 5.02 Å². The molecule has 0 radical (unpaired) electrons. The lowest BCUT2D eigenvalue weighted by Gasteiger charge is -2.15. The maximum atomic E-state index is 15.1. The second-order valence-electron chi connectivity index (χ2n) is 10.5. The highest BCUT2D eigenvalue weighted by atomic mass is 35.5. The summed E-state index contributed by atoms with van der Waals surface area (Å²) in [5.74, 6) is 0.125. The Morgan fingerprint density at radius 3 is 2.59 bits per heavy atom. The molecule has 4 aromatic rings. The molecule has 0 bridgehead atoms. The smallest absolute Gasteiger partial charge is 0.354 e. The summed E-state index contributed by atoms with van der Waals surface area (Å²) in [7, 11) is 0. The fourth-order valence-corrected chi connectivity index (χ4v) is 4.84. The number of aromatic nitrogens is 3. The Hall–Kier alpha value is -3.73. The summed E-state index contributed by atoms with van der Waals surface area (Å²) in [5, 5.41) is 0.739. The number of benzene rings is 2. The number of aryl methyl sites for hydroxylation is 1. The van der Waals surface area contributed by atoms with Crippen molar-refractivity contribution in [2.45, 2.75) is 52.2 Å². The van der Waals surface area contributed by atoms with Gasteiger partial charge in [-0.25, -0.2) is 9.18 Å². The number of rotatable bonds is 13. The molecule has 2 aromatic carbocycles. The number of nitrogens with one attached hydrogen (secondary N) is 1. The molecule has 0 amide bonds. The molecule has 7 N–H and O–H groups in total. The zero-order valence-corrected chi connectivity index (χ0v) is 24.1. The van der Waals surface area contributed by atoms with E-state index in [2.05, 4.69) is 28.8 Å². The average molecular weight is 582 g/mol. The van der Waals surface area contributed by atoms with Crippen molar-refractivity contribution < 1.29 is 9.13 Å². The van der Waals surface area contributed by atoms with Gasteiger partial charge in [-0.05, 0) is 66.6 Å². The first-order valence-corrected chi connectivity index (χ1v) is 14.1. The molecule has 0 aliphatic rings. The summed E-state index contributed by atoms with van der Waals surface area (Å²) >= 11 is 6.25. The van der Waals surface area contributed by atoms with Crippen LogP contribution in [0.25, 0.3) is 28.0 Å². The summed E-state index contributed by atoms with van der Waals surface area (Å²) < 4.78 is 22.4. The third-order valence-corrected chi connectivity index (χ3v) is 7.12. The molecule has 0 aliphatic heterocycles. The van der Waals surface area contributed by atoms with Crippen LogP contribution in [0.4, 0.5) is 4.39 Å². The van der Waals surface area contributed by atoms with Crippen molar-refractivity contribution in [2.24, 2.45) is 28.1 Å². The van der Waals surface area contributed by atoms with Crippen molar-refractivity contribution in [1.29, 1.82) is 0 Å². The quantitative estimate of drug-likeness (QED) is 0.133. The van der Waals surface area contributed by atoms with Gasteiger partial charge in [-0.15, -0.1) is 0 Å². The first kappa shape index (κ1) is 30.2. The van der Waals surface area contributed by atoms with Gasteiger partial charge in [0.25, 0.3) is 0 Å². The van der Waals surface area contributed by atoms with Gasteiger partial charge in [-0.1, -0.05) is 44.0 Å². The van der Waals surface area contributed by atoms with Gasteiger partial charge in [0, 0.05) is 30.2 Å². The third kappa shape index (κ3) is 7.93. The van der Waals surface area contributed by atoms with E-state index in [9.17, 15) is 4.79 Å². The predicted octanol–water partition coefficient (Wildman–Crippen LogP) is 4.66. The van der Waals surface area contributed by atoms with Crippen molar-refractivity contribution in [1.82, 2.24) is 14.5 Å². The number of aromatic amines is 1. The van der Waals surface area contributed by atoms with Crippen LogP contribution < -0.4 is 22.9 Å². The van der Waals surface area contributed by atoms with Crippen molar-refractivity contribution in [3.63, 3.8) is 0 Å². The Morgan fingerprint density at radius 2 is 1.90 bits per heavy atom. The minimum Gasteiger partial charge on any atom is -0.372 e. The summed E-state index contributed by atoms with van der Waals surface area (Å²) in [6.07, 6.45) is 4.98. The van der Waals surface area contributed by atoms with Crippen LogP contribution in [0.15, 0.2) is 58.4 Å². The number of halogens is 2. The van der Waals surface area contributed by atoms with E-state index >= 15 is 4.39 Å². The van der Waals surface area contributed by atoms with Crippen molar-refractivity contribution in [3.05, 3.63) is 81.1 Å². The summed E-state index contributed by atoms with van der Waals surface area (Å²) in [4.78, 5) is 24.1. The zero-order valence-electron chi connectivity index (χ0n) is 23.4. The third-order valence-electron chi connectivity index (χ3n) is 6.84. The van der Waals surface area contributed by atoms with Gasteiger partial charge in [0.1, 0.15) is 5.65 Å². The Labute approximate surface area is 243 Å². The normalized spacial score (nSPS) is 12.2. The lowest BCUT2D eigenvalue weighted by atomic mass is 10.00. The number of fused-ring (bicyclic) bond motifs is 1. The van der Waals surface area contributed by atoms with E-state index in [1.165, 1.54) is 4.57 Å². The van der Waals surface area contributed by atoms with Crippen LogP contribution in [0.3, 0.4) is 0 Å². The molecule has 0 spiro atoms. The highest BCUT2D eigenvalue weighted by Crippen LogP contribution is 2.31. The number of guanidine groups is 1. The van der Waals surface area contributed by atoms with Crippen LogP contribution in [-0.2, 0) is 17.8 Å². The summed E-state index contributed by atoms with van der Waals surface area (Å²) in [6, 6.07) is 12.7. The molecule has 0 aliphatic carbocycles. The first-order chi connectivity index (χ1) is 19.6. The Bertz CT molecular complexity index is 1560. The Balaban J connectivity index is 1.52. The zero-order chi connectivity index (χ0) is 29.5. The molecule has 0 saturated carbocycles. The molecule has 218 valence electrons. The number of H-pyrrole nitrogens is 1. The number of aliphatic imine (C=N–C) groups is 1. The number of nitrogens with two attached hydrogens (primary N) is 3. The molecular weight excluding hydrogens is 545 g/mol. The molecule has 9 nitrogen and oxygen atoms in total. The highest BCUT2D eigenvalue weighted by molar-refractivity contribution is 6.31. The fourth-order valence-electron chi connectivity index (χ4n) is 4.60. The van der Waals surface area contributed by atoms with Crippen LogP contribution >= 0.6 is 11.6 Å². The standard InChI is InChI=1S/C30H37ClFN7O2/c1-18(2)4-3-5-20-12-24(27(32)25(31)13-20)26-14-21-16-39(30(40)38-28(21)37-26)22-8-6-19(7-9-22)17-41-23(15-33)10-11-36-29(34)35/h6-9,12-14,16,18,23H,3-5,10-11,15,17,33H2,1-2H3,(H4,34,35,36)(H,37,38,40)/t23-/m1/s1. The number of ether oxygens (including phenoxy) is 1. The summed E-state index contributed by atoms with van der Waals surface area (Å²) in [6.45, 7) is 5.49. The van der Waals surface area contributed by atoms with E-state index < -0.39 is 11.5 Å². The molecule has 0 saturated heterocycles. The van der Waals surface area contributed by atoms with Gasteiger partial charge in [-0.2, -0.15) is 4.98 Å². The van der Waals surface area contributed by atoms with Crippen LogP contribution in [0.1, 0.15) is 44.2 Å². The average Bonchev–Trinajstić information content (AvgIpc) is 3.34. The van der Waals surface area contributed by atoms with Gasteiger partial charge in [0.05, 0.1) is 29.1 Å². The largest absolute Gasteiger partial charge is 0.372 e. The van der Waals surface area contributed by atoms with E-state index in [0.29, 0.717) is 60.0 Å². The first-order valence-electron chi connectivity index (χ1n) is 13.7. The van der Waals surface area contributed by atoms with Crippen LogP contribution in [0.5, 0.6) is 0 Å². The summed E-state index contributed by atoms with van der Waals surface area (Å²) in [5.41, 5.74) is 19.8. The minimum absolute atomic E-state index is 0.0356. The van der Waals surface area contributed by atoms with E-state index in [1.807, 2.05) is 30.3 Å². The Morgan fingerprint density at radius 1 is 1.15 bits per heavy atom. The SMILES string of the molecule is CC(C)CCCc1cc(Cl)c(F)c(-c2cc3cn(-c4ccc(CO[C@@H](CN)CCN=C(N)N)cc4)c(=O)nc3[nH]2)c1. The van der Waals surface area contributed by atoms with E-state index in [4.69, 9.17) is 33.5 Å². The lowest BCUT2D eigenvalue weighted by Crippen LogP contribution is -2.27. The maximum Gasteiger partial charge on any atom is 0.354 e. The topological polar surface area (TPSA) is 150 Å². The number of hydrogen-bond donors (Lipinski definition) is 4. The van der Waals surface area contributed by atoms with Gasteiger partial charge in [-0.3, -0.25) is 9.56 Å². The number of hydrogen-bond acceptors (Lipinski definition) is 5. The molecule has 2 aromatic heterocycles. The molecule has 41 heavy (non-hydrogen) atoms. The van der Waals surface area contributed by atoms with E-state index in [-0.39, 0.29) is 17.1 Å². The van der Waals surface area contributed by atoms with Crippen molar-refractivity contribution in [3.8, 4) is 16.9 Å². The van der Waals surface area contributed by atoms with Gasteiger partial charge < -0.3 is 26.9 Å². The predicted molar refractivity (Wildman–Crippen MR) is 163 cm³/mol. The second-order valence-corrected chi connectivity index (χ2v) is 10.9. The molecule has 4 rings (SSSR count). The molecule has 0 unspecified atom stereocenters. The lowest BCUT2D eigenvalue weighted by molar-refractivity contribution is 0.0426. The van der Waals surface area contributed by atoms with E-state index in [0.717, 1.165) is 30.4 Å². The van der Waals surface area contributed by atoms with Gasteiger partial charge >= 0.3 is 5.69 Å². The monoisotopic (exact) mass is 581 g/mol. The number of nitrogens with zero attached hydrogens (tertiary/aromatic N) is 3. The Kier molecular flexibility index (Phi) is 10.1. The molecule has 11 heteroatoms. The van der Waals surface area contributed by atoms with Crippen molar-refractivity contribution in [2.75, 3.05) is 13.1 Å². The molecule has 0 fully saturated rings. The van der Waals surface area contributed by atoms with E-state index in [1.54, 1.807) is 18.3 Å². The van der Waals surface area contributed by atoms with Crippen molar-refractivity contribution >= 4 is 28.6 Å².